The lowest BCUT2D eigenvalue weighted by Crippen LogP contribution is -1.95. The number of rotatable bonds is 2. The molecule has 1 heterocycles. The fraction of sp³-hybridized carbons (Fsp3) is 0. The van der Waals surface area contributed by atoms with Crippen molar-refractivity contribution in [2.24, 2.45) is 0 Å². The second kappa shape index (κ2) is 3.64. The molecule has 0 atom stereocenters. The average molecular weight is 204 g/mol. The highest BCUT2D eigenvalue weighted by molar-refractivity contribution is 7.14. The van der Waals surface area contributed by atoms with Gasteiger partial charge in [-0.2, -0.15) is 0 Å². The molecule has 2 nitrogen and oxygen atoms in total. The normalized spacial score (nSPS) is 10.0. The molecule has 0 saturated heterocycles. The molecule has 0 spiro atoms. The Bertz CT molecular complexity index is 445. The van der Waals surface area contributed by atoms with Crippen LogP contribution in [0.25, 0.3) is 10.4 Å². The Kier molecular flexibility index (Phi) is 2.33. The molecule has 0 radical (unpaired) electrons. The van der Waals surface area contributed by atoms with Gasteiger partial charge < -0.3 is 5.11 Å². The summed E-state index contributed by atoms with van der Waals surface area (Å²) in [5, 5.41) is 10.7. The summed E-state index contributed by atoms with van der Waals surface area (Å²) in [5.74, 6) is -0.870. The molecule has 0 fully saturated rings. The molecule has 14 heavy (non-hydrogen) atoms. The van der Waals surface area contributed by atoms with Crippen molar-refractivity contribution in [1.82, 2.24) is 0 Å². The number of hydrogen-bond donors (Lipinski definition) is 1. The lowest BCUT2D eigenvalue weighted by Gasteiger charge is -1.98. The summed E-state index contributed by atoms with van der Waals surface area (Å²) < 4.78 is 0. The summed E-state index contributed by atoms with van der Waals surface area (Å²) in [5.41, 5.74) is 1.33. The van der Waals surface area contributed by atoms with Crippen LogP contribution in [-0.4, -0.2) is 11.1 Å². The van der Waals surface area contributed by atoms with E-state index < -0.39 is 5.97 Å². The number of hydrogen-bond acceptors (Lipinski definition) is 2. The Labute approximate surface area is 85.4 Å². The molecule has 0 amide bonds. The van der Waals surface area contributed by atoms with Crippen LogP contribution in [-0.2, 0) is 0 Å². The summed E-state index contributed by atoms with van der Waals surface area (Å²) in [4.78, 5) is 11.7. The fourth-order valence-electron chi connectivity index (χ4n) is 1.29. The van der Waals surface area contributed by atoms with Crippen LogP contribution in [0.15, 0.2) is 41.8 Å². The van der Waals surface area contributed by atoms with Gasteiger partial charge in [-0.05, 0) is 17.0 Å². The first-order chi connectivity index (χ1) is 6.79. The molecule has 0 aliphatic heterocycles. The van der Waals surface area contributed by atoms with Crippen LogP contribution >= 0.6 is 11.3 Å². The van der Waals surface area contributed by atoms with Gasteiger partial charge in [0.05, 0.1) is 5.56 Å². The number of aromatic carboxylic acids is 1. The highest BCUT2D eigenvalue weighted by Gasteiger charge is 2.11. The number of carboxylic acids is 1. The summed E-state index contributed by atoms with van der Waals surface area (Å²) in [6.07, 6.45) is 0. The second-order valence-corrected chi connectivity index (χ2v) is 3.75. The van der Waals surface area contributed by atoms with E-state index in [4.69, 9.17) is 5.11 Å². The monoisotopic (exact) mass is 204 g/mol. The van der Waals surface area contributed by atoms with Crippen LogP contribution in [0.1, 0.15) is 10.4 Å². The minimum absolute atomic E-state index is 0.376. The van der Waals surface area contributed by atoms with Gasteiger partial charge in [-0.3, -0.25) is 0 Å². The SMILES string of the molecule is O=C(O)c1ccsc1-c1ccccc1. The van der Waals surface area contributed by atoms with E-state index in [2.05, 4.69) is 0 Å². The molecule has 2 aromatic rings. The fourth-order valence-corrected chi connectivity index (χ4v) is 2.19. The Morgan fingerprint density at radius 1 is 1.14 bits per heavy atom. The van der Waals surface area contributed by atoms with Crippen molar-refractivity contribution in [2.75, 3.05) is 0 Å². The van der Waals surface area contributed by atoms with Crippen LogP contribution in [0.4, 0.5) is 0 Å². The van der Waals surface area contributed by atoms with Gasteiger partial charge in [-0.15, -0.1) is 11.3 Å². The van der Waals surface area contributed by atoms with E-state index in [0.29, 0.717) is 5.56 Å². The summed E-state index contributed by atoms with van der Waals surface area (Å²) in [7, 11) is 0. The van der Waals surface area contributed by atoms with E-state index in [1.165, 1.54) is 11.3 Å². The minimum atomic E-state index is -0.870. The number of thiophene rings is 1. The second-order valence-electron chi connectivity index (χ2n) is 2.83. The number of carboxylic acid groups (broad SMARTS) is 1. The molecule has 0 aliphatic rings. The van der Waals surface area contributed by atoms with Crippen LogP contribution in [0.3, 0.4) is 0 Å². The highest BCUT2D eigenvalue weighted by Crippen LogP contribution is 2.29. The topological polar surface area (TPSA) is 37.3 Å². The predicted molar refractivity (Wildman–Crippen MR) is 56.7 cm³/mol. The van der Waals surface area contributed by atoms with E-state index in [1.54, 1.807) is 11.4 Å². The van der Waals surface area contributed by atoms with E-state index in [1.807, 2.05) is 30.3 Å². The molecular formula is C11H8O2S. The third-order valence-corrected chi connectivity index (χ3v) is 2.90. The summed E-state index contributed by atoms with van der Waals surface area (Å²) in [6, 6.07) is 11.2. The van der Waals surface area contributed by atoms with E-state index in [9.17, 15) is 4.79 Å². The van der Waals surface area contributed by atoms with Gasteiger partial charge in [0.15, 0.2) is 0 Å². The quantitative estimate of drug-likeness (QED) is 0.816. The van der Waals surface area contributed by atoms with E-state index in [-0.39, 0.29) is 0 Å². The Balaban J connectivity index is 2.52. The summed E-state index contributed by atoms with van der Waals surface area (Å²) >= 11 is 1.45. The maximum atomic E-state index is 10.9. The van der Waals surface area contributed by atoms with Gasteiger partial charge in [0, 0.05) is 4.88 Å². The first-order valence-corrected chi connectivity index (χ1v) is 5.03. The van der Waals surface area contributed by atoms with E-state index >= 15 is 0 Å². The molecule has 3 heteroatoms. The number of benzene rings is 1. The molecule has 1 N–H and O–H groups in total. The van der Waals surface area contributed by atoms with Gasteiger partial charge in [0.2, 0.25) is 0 Å². The molecule has 0 bridgehead atoms. The number of carbonyl (C=O) groups is 1. The predicted octanol–water partition coefficient (Wildman–Crippen LogP) is 3.11. The van der Waals surface area contributed by atoms with Crippen LogP contribution in [0.2, 0.25) is 0 Å². The molecular weight excluding hydrogens is 196 g/mol. The maximum absolute atomic E-state index is 10.9. The smallest absolute Gasteiger partial charge is 0.337 e. The largest absolute Gasteiger partial charge is 0.478 e. The Morgan fingerprint density at radius 2 is 1.86 bits per heavy atom. The maximum Gasteiger partial charge on any atom is 0.337 e. The van der Waals surface area contributed by atoms with Crippen molar-refractivity contribution >= 4 is 17.3 Å². The zero-order valence-corrected chi connectivity index (χ0v) is 8.12. The molecule has 1 aromatic heterocycles. The lowest BCUT2D eigenvalue weighted by atomic mass is 10.1. The first kappa shape index (κ1) is 8.97. The van der Waals surface area contributed by atoms with E-state index in [0.717, 1.165) is 10.4 Å². The standard InChI is InChI=1S/C11H8O2S/c12-11(13)9-6-7-14-10(9)8-4-2-1-3-5-8/h1-7H,(H,12,13). The molecule has 70 valence electrons. The van der Waals surface area contributed by atoms with Gasteiger partial charge in [0.1, 0.15) is 0 Å². The van der Waals surface area contributed by atoms with Gasteiger partial charge in [0.25, 0.3) is 0 Å². The molecule has 2 rings (SSSR count). The van der Waals surface area contributed by atoms with Crippen molar-refractivity contribution in [3.05, 3.63) is 47.3 Å². The van der Waals surface area contributed by atoms with Crippen molar-refractivity contribution in [3.8, 4) is 10.4 Å². The minimum Gasteiger partial charge on any atom is -0.478 e. The zero-order valence-electron chi connectivity index (χ0n) is 7.31. The van der Waals surface area contributed by atoms with Gasteiger partial charge >= 0.3 is 5.97 Å². The van der Waals surface area contributed by atoms with Crippen molar-refractivity contribution in [1.29, 1.82) is 0 Å². The molecule has 1 aromatic carbocycles. The first-order valence-electron chi connectivity index (χ1n) is 4.15. The van der Waals surface area contributed by atoms with Crippen LogP contribution < -0.4 is 0 Å². The zero-order chi connectivity index (χ0) is 9.97. The highest BCUT2D eigenvalue weighted by atomic mass is 32.1. The van der Waals surface area contributed by atoms with Crippen molar-refractivity contribution in [3.63, 3.8) is 0 Å². The Morgan fingerprint density at radius 3 is 2.50 bits per heavy atom. The van der Waals surface area contributed by atoms with Crippen molar-refractivity contribution in [2.45, 2.75) is 0 Å². The van der Waals surface area contributed by atoms with Crippen LogP contribution in [0, 0.1) is 0 Å². The Hall–Kier alpha value is -1.61. The third-order valence-electron chi connectivity index (χ3n) is 1.93. The lowest BCUT2D eigenvalue weighted by molar-refractivity contribution is 0.0698. The molecule has 0 aliphatic carbocycles. The third kappa shape index (κ3) is 1.54. The summed E-state index contributed by atoms with van der Waals surface area (Å²) in [6.45, 7) is 0. The van der Waals surface area contributed by atoms with Crippen molar-refractivity contribution < 1.29 is 9.90 Å². The molecule has 0 unspecified atom stereocenters. The molecule has 0 saturated carbocycles. The average Bonchev–Trinajstić information content (AvgIpc) is 2.67. The van der Waals surface area contributed by atoms with Crippen LogP contribution in [0.5, 0.6) is 0 Å². The van der Waals surface area contributed by atoms with Gasteiger partial charge in [-0.25, -0.2) is 4.79 Å². The van der Waals surface area contributed by atoms with Gasteiger partial charge in [-0.1, -0.05) is 30.3 Å².